The second-order valence-electron chi connectivity index (χ2n) is 2.94. The van der Waals surface area contributed by atoms with Gasteiger partial charge in [0.15, 0.2) is 0 Å². The average Bonchev–Trinajstić information content (AvgIpc) is 2.05. The standard InChI is InChI=1S/C8H19NO3S/c1-4-6-8(12-5-2)7-9(3)13(10)11/h8,13H,4-7H2,1-3H3/t8-/m0/s1. The average molecular weight is 209 g/mol. The fourth-order valence-corrected chi connectivity index (χ4v) is 1.46. The van der Waals surface area contributed by atoms with Gasteiger partial charge in [-0.1, -0.05) is 13.3 Å². The minimum atomic E-state index is -2.46. The largest absolute Gasteiger partial charge is 0.377 e. The molecule has 0 heterocycles. The van der Waals surface area contributed by atoms with Crippen molar-refractivity contribution in [2.45, 2.75) is 32.8 Å². The Morgan fingerprint density at radius 1 is 1.38 bits per heavy atom. The van der Waals surface area contributed by atoms with Crippen LogP contribution in [0.4, 0.5) is 0 Å². The molecule has 13 heavy (non-hydrogen) atoms. The van der Waals surface area contributed by atoms with Crippen LogP contribution in [0.5, 0.6) is 0 Å². The molecular formula is C8H19NO3S. The highest BCUT2D eigenvalue weighted by atomic mass is 32.2. The normalized spacial score (nSPS) is 13.9. The van der Waals surface area contributed by atoms with Crippen molar-refractivity contribution in [1.82, 2.24) is 4.31 Å². The van der Waals surface area contributed by atoms with Crippen molar-refractivity contribution in [2.75, 3.05) is 20.2 Å². The Bertz CT molecular complexity index is 180. The molecule has 0 aromatic rings. The molecule has 0 amide bonds. The van der Waals surface area contributed by atoms with E-state index in [1.807, 2.05) is 6.92 Å². The first kappa shape index (κ1) is 12.9. The van der Waals surface area contributed by atoms with Crippen molar-refractivity contribution in [2.24, 2.45) is 0 Å². The molecule has 0 bridgehead atoms. The summed E-state index contributed by atoms with van der Waals surface area (Å²) in [5, 5.41) is 0. The minimum absolute atomic E-state index is 0.0351. The van der Waals surface area contributed by atoms with Gasteiger partial charge in [-0.05, 0) is 13.3 Å². The monoisotopic (exact) mass is 209 g/mol. The van der Waals surface area contributed by atoms with Crippen molar-refractivity contribution in [3.8, 4) is 0 Å². The second kappa shape index (κ2) is 7.29. The van der Waals surface area contributed by atoms with E-state index in [0.29, 0.717) is 13.2 Å². The quantitative estimate of drug-likeness (QED) is 0.626. The lowest BCUT2D eigenvalue weighted by molar-refractivity contribution is 0.0466. The Hall–Kier alpha value is -0.130. The summed E-state index contributed by atoms with van der Waals surface area (Å²) in [7, 11) is -0.899. The maximum atomic E-state index is 10.6. The molecule has 0 aliphatic carbocycles. The Labute approximate surface area is 82.0 Å². The molecule has 0 saturated carbocycles. The zero-order valence-corrected chi connectivity index (χ0v) is 9.42. The van der Waals surface area contributed by atoms with Crippen LogP contribution in [0, 0.1) is 0 Å². The molecule has 0 fully saturated rings. The first-order chi connectivity index (χ1) is 6.11. The summed E-state index contributed by atoms with van der Waals surface area (Å²) in [5.74, 6) is 0. The number of likely N-dealkylation sites (N-methyl/N-ethyl adjacent to an activating group) is 1. The van der Waals surface area contributed by atoms with Crippen LogP contribution in [0.3, 0.4) is 0 Å². The van der Waals surface area contributed by atoms with Gasteiger partial charge in [-0.3, -0.25) is 0 Å². The van der Waals surface area contributed by atoms with E-state index in [9.17, 15) is 8.42 Å². The molecule has 0 saturated heterocycles. The van der Waals surface area contributed by atoms with Crippen molar-refractivity contribution < 1.29 is 13.2 Å². The third kappa shape index (κ3) is 6.01. The van der Waals surface area contributed by atoms with E-state index in [1.165, 1.54) is 4.31 Å². The van der Waals surface area contributed by atoms with Crippen LogP contribution in [0.25, 0.3) is 0 Å². The van der Waals surface area contributed by atoms with Gasteiger partial charge in [0.05, 0.1) is 6.10 Å². The number of ether oxygens (including phenoxy) is 1. The lowest BCUT2D eigenvalue weighted by Gasteiger charge is -2.19. The summed E-state index contributed by atoms with van der Waals surface area (Å²) in [6.07, 6.45) is 1.95. The topological polar surface area (TPSA) is 46.6 Å². The number of thiol groups is 1. The fraction of sp³-hybridized carbons (Fsp3) is 1.00. The van der Waals surface area contributed by atoms with E-state index in [-0.39, 0.29) is 6.10 Å². The maximum Gasteiger partial charge on any atom is 0.203 e. The van der Waals surface area contributed by atoms with Crippen LogP contribution < -0.4 is 0 Å². The Kier molecular flexibility index (Phi) is 7.22. The van der Waals surface area contributed by atoms with Gasteiger partial charge in [0, 0.05) is 20.2 Å². The minimum Gasteiger partial charge on any atom is -0.377 e. The predicted molar refractivity (Wildman–Crippen MR) is 53.3 cm³/mol. The van der Waals surface area contributed by atoms with Gasteiger partial charge in [-0.15, -0.1) is 0 Å². The third-order valence-corrected chi connectivity index (χ3v) is 2.48. The molecule has 1 atom stereocenters. The molecule has 5 heteroatoms. The lowest BCUT2D eigenvalue weighted by atomic mass is 10.2. The highest BCUT2D eigenvalue weighted by Crippen LogP contribution is 2.03. The summed E-state index contributed by atoms with van der Waals surface area (Å²) in [5.41, 5.74) is 0. The molecule has 0 aliphatic heterocycles. The van der Waals surface area contributed by atoms with Gasteiger partial charge in [0.25, 0.3) is 0 Å². The molecule has 0 aliphatic rings. The van der Waals surface area contributed by atoms with Crippen molar-refractivity contribution in [3.63, 3.8) is 0 Å². The van der Waals surface area contributed by atoms with Crippen LogP contribution in [-0.2, 0) is 15.6 Å². The number of rotatable bonds is 7. The van der Waals surface area contributed by atoms with Crippen LogP contribution in [0.2, 0.25) is 0 Å². The fourth-order valence-electron chi connectivity index (χ4n) is 1.15. The zero-order chi connectivity index (χ0) is 10.3. The molecule has 0 N–H and O–H groups in total. The van der Waals surface area contributed by atoms with Gasteiger partial charge >= 0.3 is 0 Å². The first-order valence-electron chi connectivity index (χ1n) is 4.58. The molecule has 0 spiro atoms. The summed E-state index contributed by atoms with van der Waals surface area (Å²) in [6, 6.07) is 0. The van der Waals surface area contributed by atoms with Gasteiger partial charge < -0.3 is 4.74 Å². The summed E-state index contributed by atoms with van der Waals surface area (Å²) in [4.78, 5) is 0. The highest BCUT2D eigenvalue weighted by molar-refractivity contribution is 7.69. The Balaban J connectivity index is 3.92. The SMILES string of the molecule is CCC[C@@H](CN(C)[SH](=O)=O)OCC. The smallest absolute Gasteiger partial charge is 0.203 e. The first-order valence-corrected chi connectivity index (χ1v) is 5.71. The molecular weight excluding hydrogens is 190 g/mol. The Morgan fingerprint density at radius 3 is 2.38 bits per heavy atom. The molecule has 0 aromatic carbocycles. The molecule has 0 rings (SSSR count). The molecule has 0 aromatic heterocycles. The van der Waals surface area contributed by atoms with Crippen LogP contribution >= 0.6 is 0 Å². The van der Waals surface area contributed by atoms with Gasteiger partial charge in [0.2, 0.25) is 10.9 Å². The van der Waals surface area contributed by atoms with E-state index < -0.39 is 10.9 Å². The predicted octanol–water partition coefficient (Wildman–Crippen LogP) is 0.650. The number of nitrogens with zero attached hydrogens (tertiary/aromatic N) is 1. The van der Waals surface area contributed by atoms with E-state index in [4.69, 9.17) is 4.74 Å². The molecule has 0 radical (unpaired) electrons. The van der Waals surface area contributed by atoms with Crippen LogP contribution in [-0.4, -0.2) is 39.0 Å². The number of hydrogen-bond acceptors (Lipinski definition) is 3. The maximum absolute atomic E-state index is 10.6. The van der Waals surface area contributed by atoms with Crippen molar-refractivity contribution in [1.29, 1.82) is 0 Å². The lowest BCUT2D eigenvalue weighted by Crippen LogP contribution is -2.30. The Morgan fingerprint density at radius 2 is 2.00 bits per heavy atom. The zero-order valence-electron chi connectivity index (χ0n) is 8.52. The van der Waals surface area contributed by atoms with Crippen LogP contribution in [0.15, 0.2) is 0 Å². The van der Waals surface area contributed by atoms with E-state index in [0.717, 1.165) is 12.8 Å². The van der Waals surface area contributed by atoms with Gasteiger partial charge in [-0.2, -0.15) is 0 Å². The van der Waals surface area contributed by atoms with Gasteiger partial charge in [-0.25, -0.2) is 12.7 Å². The van der Waals surface area contributed by atoms with Crippen molar-refractivity contribution >= 4 is 10.9 Å². The third-order valence-electron chi connectivity index (χ3n) is 1.76. The summed E-state index contributed by atoms with van der Waals surface area (Å²) >= 11 is 0. The molecule has 4 nitrogen and oxygen atoms in total. The van der Waals surface area contributed by atoms with Gasteiger partial charge in [0.1, 0.15) is 0 Å². The van der Waals surface area contributed by atoms with E-state index in [1.54, 1.807) is 7.05 Å². The molecule has 0 unspecified atom stereocenters. The van der Waals surface area contributed by atoms with Crippen molar-refractivity contribution in [3.05, 3.63) is 0 Å². The summed E-state index contributed by atoms with van der Waals surface area (Å²) in [6.45, 7) is 5.07. The number of hydrogen-bond donors (Lipinski definition) is 1. The summed E-state index contributed by atoms with van der Waals surface area (Å²) < 4.78 is 27.8. The van der Waals surface area contributed by atoms with Crippen LogP contribution in [0.1, 0.15) is 26.7 Å². The highest BCUT2D eigenvalue weighted by Gasteiger charge is 2.11. The van der Waals surface area contributed by atoms with E-state index in [2.05, 4.69) is 6.92 Å². The second-order valence-corrected chi connectivity index (χ2v) is 4.10. The molecule has 80 valence electrons. The van der Waals surface area contributed by atoms with E-state index >= 15 is 0 Å².